The fourth-order valence-corrected chi connectivity index (χ4v) is 2.36. The van der Waals surface area contributed by atoms with Gasteiger partial charge in [0.2, 0.25) is 5.96 Å². The third-order valence-corrected chi connectivity index (χ3v) is 3.40. The van der Waals surface area contributed by atoms with E-state index in [2.05, 4.69) is 15.5 Å². The van der Waals surface area contributed by atoms with Crippen LogP contribution in [-0.2, 0) is 4.79 Å². The molecule has 0 radical (unpaired) electrons. The van der Waals surface area contributed by atoms with E-state index in [1.165, 1.54) is 6.21 Å². The van der Waals surface area contributed by atoms with Crippen molar-refractivity contribution < 1.29 is 14.3 Å². The van der Waals surface area contributed by atoms with Gasteiger partial charge in [0.05, 0.1) is 17.8 Å². The van der Waals surface area contributed by atoms with Gasteiger partial charge in [-0.25, -0.2) is 0 Å². The maximum absolute atomic E-state index is 12.1. The highest BCUT2D eigenvalue weighted by atomic mass is 35.5. The third kappa shape index (κ3) is 6.52. The SMILES string of the molecule is CCOc1cc(C=NN=C(N)N)cc(Cl)c1OCC(=O)Nc1ccccc1. The summed E-state index contributed by atoms with van der Waals surface area (Å²) in [5, 5.41) is 10.2. The minimum atomic E-state index is -0.321. The highest BCUT2D eigenvalue weighted by Crippen LogP contribution is 2.36. The van der Waals surface area contributed by atoms with Crippen LogP contribution in [-0.4, -0.2) is 31.3 Å². The molecule has 2 aromatic rings. The Bertz CT molecular complexity index is 836. The fraction of sp³-hybridized carbons (Fsp3) is 0.167. The van der Waals surface area contributed by atoms with Crippen molar-refractivity contribution in [3.8, 4) is 11.5 Å². The Labute approximate surface area is 161 Å². The molecule has 0 fully saturated rings. The number of guanidine groups is 1. The summed E-state index contributed by atoms with van der Waals surface area (Å²) < 4.78 is 11.1. The summed E-state index contributed by atoms with van der Waals surface area (Å²) in [6.45, 7) is 1.98. The molecule has 0 unspecified atom stereocenters. The molecule has 9 heteroatoms. The lowest BCUT2D eigenvalue weighted by Crippen LogP contribution is -2.21. The first-order valence-electron chi connectivity index (χ1n) is 8.05. The van der Waals surface area contributed by atoms with Crippen molar-refractivity contribution in [2.75, 3.05) is 18.5 Å². The first kappa shape index (κ1) is 20.1. The number of carbonyl (C=O) groups excluding carboxylic acids is 1. The number of para-hydroxylation sites is 1. The molecular weight excluding hydrogens is 370 g/mol. The van der Waals surface area contributed by atoms with Gasteiger partial charge in [-0.3, -0.25) is 4.79 Å². The molecule has 0 spiro atoms. The van der Waals surface area contributed by atoms with Crippen LogP contribution in [0.4, 0.5) is 5.69 Å². The smallest absolute Gasteiger partial charge is 0.262 e. The van der Waals surface area contributed by atoms with Crippen LogP contribution in [0.25, 0.3) is 0 Å². The molecular formula is C18H20ClN5O3. The largest absolute Gasteiger partial charge is 0.490 e. The second-order valence-electron chi connectivity index (χ2n) is 5.24. The zero-order valence-electron chi connectivity index (χ0n) is 14.7. The van der Waals surface area contributed by atoms with Gasteiger partial charge in [-0.1, -0.05) is 29.8 Å². The van der Waals surface area contributed by atoms with Crippen LogP contribution in [0.15, 0.2) is 52.7 Å². The van der Waals surface area contributed by atoms with E-state index >= 15 is 0 Å². The molecule has 142 valence electrons. The Morgan fingerprint density at radius 3 is 2.63 bits per heavy atom. The highest BCUT2D eigenvalue weighted by Gasteiger charge is 2.14. The minimum absolute atomic E-state index is 0.160. The number of benzene rings is 2. The van der Waals surface area contributed by atoms with Crippen LogP contribution in [0, 0.1) is 0 Å². The van der Waals surface area contributed by atoms with Gasteiger partial charge in [-0.15, -0.1) is 5.10 Å². The van der Waals surface area contributed by atoms with Gasteiger partial charge < -0.3 is 26.3 Å². The molecule has 0 aliphatic carbocycles. The molecule has 27 heavy (non-hydrogen) atoms. The average molecular weight is 390 g/mol. The lowest BCUT2D eigenvalue weighted by molar-refractivity contribution is -0.118. The van der Waals surface area contributed by atoms with Crippen molar-refractivity contribution in [1.82, 2.24) is 0 Å². The Hall–Kier alpha value is -3.26. The predicted molar refractivity (Wildman–Crippen MR) is 107 cm³/mol. The number of carbonyl (C=O) groups is 1. The van der Waals surface area contributed by atoms with Gasteiger partial charge in [-0.05, 0) is 31.2 Å². The number of nitrogens with one attached hydrogen (secondary N) is 1. The summed E-state index contributed by atoms with van der Waals surface area (Å²) >= 11 is 6.27. The topological polar surface area (TPSA) is 124 Å². The van der Waals surface area contributed by atoms with Crippen LogP contribution in [0.2, 0.25) is 5.02 Å². The molecule has 1 amide bonds. The minimum Gasteiger partial charge on any atom is -0.490 e. The number of amides is 1. The Balaban J connectivity index is 2.11. The number of hydrogen-bond acceptors (Lipinski definition) is 5. The molecule has 0 atom stereocenters. The molecule has 0 bridgehead atoms. The number of anilines is 1. The number of halogens is 1. The van der Waals surface area contributed by atoms with Gasteiger partial charge in [0.1, 0.15) is 0 Å². The monoisotopic (exact) mass is 389 g/mol. The van der Waals surface area contributed by atoms with Crippen LogP contribution in [0.3, 0.4) is 0 Å². The van der Waals surface area contributed by atoms with Crippen LogP contribution >= 0.6 is 11.6 Å². The number of hydrogen-bond donors (Lipinski definition) is 3. The first-order chi connectivity index (χ1) is 13.0. The maximum atomic E-state index is 12.1. The zero-order valence-corrected chi connectivity index (χ0v) is 15.4. The molecule has 0 saturated carbocycles. The van der Waals surface area contributed by atoms with E-state index in [1.807, 2.05) is 25.1 Å². The second-order valence-corrected chi connectivity index (χ2v) is 5.64. The van der Waals surface area contributed by atoms with Crippen molar-refractivity contribution in [2.45, 2.75) is 6.92 Å². The van der Waals surface area contributed by atoms with Gasteiger partial charge in [0.25, 0.3) is 5.91 Å². The molecule has 2 aromatic carbocycles. The lowest BCUT2D eigenvalue weighted by Gasteiger charge is -2.14. The molecule has 5 N–H and O–H groups in total. The van der Waals surface area contributed by atoms with Crippen molar-refractivity contribution in [3.63, 3.8) is 0 Å². The molecule has 8 nitrogen and oxygen atoms in total. The summed E-state index contributed by atoms with van der Waals surface area (Å²) in [6.07, 6.45) is 1.42. The fourth-order valence-electron chi connectivity index (χ4n) is 2.08. The summed E-state index contributed by atoms with van der Waals surface area (Å²) in [7, 11) is 0. The molecule has 0 aromatic heterocycles. The first-order valence-corrected chi connectivity index (χ1v) is 8.43. The predicted octanol–water partition coefficient (Wildman–Crippen LogP) is 2.36. The Morgan fingerprint density at radius 1 is 1.22 bits per heavy atom. The van der Waals surface area contributed by atoms with Crippen molar-refractivity contribution >= 4 is 35.4 Å². The standard InChI is InChI=1S/C18H20ClN5O3/c1-2-26-15-9-12(10-22-24-18(20)21)8-14(19)17(15)27-11-16(25)23-13-6-4-3-5-7-13/h3-10H,2,11H2,1H3,(H,23,25)(H4,20,21,24). The zero-order chi connectivity index (χ0) is 19.6. The summed E-state index contributed by atoms with van der Waals surface area (Å²) in [4.78, 5) is 12.1. The van der Waals surface area contributed by atoms with E-state index in [1.54, 1.807) is 24.3 Å². The number of rotatable bonds is 8. The van der Waals surface area contributed by atoms with Crippen molar-refractivity contribution in [2.24, 2.45) is 21.7 Å². The van der Waals surface area contributed by atoms with Crippen molar-refractivity contribution in [3.05, 3.63) is 53.1 Å². The summed E-state index contributed by atoms with van der Waals surface area (Å²) in [5.41, 5.74) is 11.7. The third-order valence-electron chi connectivity index (χ3n) is 3.12. The lowest BCUT2D eigenvalue weighted by atomic mass is 10.2. The Kier molecular flexibility index (Phi) is 7.45. The normalized spacial score (nSPS) is 10.4. The molecule has 0 aliphatic rings. The molecule has 2 rings (SSSR count). The average Bonchev–Trinajstić information content (AvgIpc) is 2.62. The Morgan fingerprint density at radius 2 is 1.96 bits per heavy atom. The van der Waals surface area contributed by atoms with Crippen LogP contribution in [0.5, 0.6) is 11.5 Å². The van der Waals surface area contributed by atoms with E-state index in [4.69, 9.17) is 32.5 Å². The molecule has 0 aliphatic heterocycles. The van der Waals surface area contributed by atoms with E-state index < -0.39 is 0 Å². The van der Waals surface area contributed by atoms with E-state index in [0.717, 1.165) is 0 Å². The number of ether oxygens (including phenoxy) is 2. The molecule has 0 heterocycles. The summed E-state index contributed by atoms with van der Waals surface area (Å²) in [6, 6.07) is 12.3. The van der Waals surface area contributed by atoms with Gasteiger partial charge in [0, 0.05) is 11.3 Å². The van der Waals surface area contributed by atoms with Gasteiger partial charge in [-0.2, -0.15) is 5.10 Å². The number of nitrogens with two attached hydrogens (primary N) is 2. The number of nitrogens with zero attached hydrogens (tertiary/aromatic N) is 2. The van der Waals surface area contributed by atoms with Gasteiger partial charge >= 0.3 is 0 Å². The molecule has 0 saturated heterocycles. The van der Waals surface area contributed by atoms with Crippen molar-refractivity contribution in [1.29, 1.82) is 0 Å². The van der Waals surface area contributed by atoms with E-state index in [0.29, 0.717) is 23.6 Å². The summed E-state index contributed by atoms with van der Waals surface area (Å²) in [5.74, 6) is 0.161. The quantitative estimate of drug-likeness (QED) is 0.363. The van der Waals surface area contributed by atoms with Crippen LogP contribution < -0.4 is 26.3 Å². The van der Waals surface area contributed by atoms with E-state index in [-0.39, 0.29) is 29.2 Å². The maximum Gasteiger partial charge on any atom is 0.262 e. The van der Waals surface area contributed by atoms with Gasteiger partial charge in [0.15, 0.2) is 18.1 Å². The van der Waals surface area contributed by atoms with E-state index in [9.17, 15) is 4.79 Å². The highest BCUT2D eigenvalue weighted by molar-refractivity contribution is 6.32. The second kappa shape index (κ2) is 10.0. The van der Waals surface area contributed by atoms with Crippen LogP contribution in [0.1, 0.15) is 12.5 Å².